The maximum atomic E-state index is 13.4. The topological polar surface area (TPSA) is 70.8 Å². The molecule has 2 heterocycles. The van der Waals surface area contributed by atoms with E-state index in [2.05, 4.69) is 0 Å². The fourth-order valence-electron chi connectivity index (χ4n) is 3.62. The third-order valence-corrected chi connectivity index (χ3v) is 7.32. The fourth-order valence-corrected chi connectivity index (χ4v) is 5.06. The summed E-state index contributed by atoms with van der Waals surface area (Å²) in [5.74, 6) is -0.964. The second kappa shape index (κ2) is 9.22. The van der Waals surface area contributed by atoms with Gasteiger partial charge in [-0.05, 0) is 30.3 Å². The van der Waals surface area contributed by atoms with E-state index in [1.54, 1.807) is 4.90 Å². The number of benzene rings is 2. The highest BCUT2D eigenvalue weighted by atomic mass is 32.2. The lowest BCUT2D eigenvalue weighted by Gasteiger charge is -2.34. The highest BCUT2D eigenvalue weighted by Gasteiger charge is 2.30. The molecule has 0 bridgehead atoms. The maximum absolute atomic E-state index is 13.4. The SMILES string of the molecule is O=C(CCc1ccc(-c2ccccc2)o1)N1CCN(S(=O)(=O)c2ccc(F)c(F)c2)CC1. The molecule has 0 saturated carbocycles. The first-order chi connectivity index (χ1) is 15.3. The largest absolute Gasteiger partial charge is 0.461 e. The summed E-state index contributed by atoms with van der Waals surface area (Å²) < 4.78 is 58.9. The van der Waals surface area contributed by atoms with Gasteiger partial charge < -0.3 is 9.32 Å². The first-order valence-electron chi connectivity index (χ1n) is 10.2. The van der Waals surface area contributed by atoms with Gasteiger partial charge in [-0.25, -0.2) is 17.2 Å². The number of piperazine rings is 1. The van der Waals surface area contributed by atoms with Gasteiger partial charge in [0.15, 0.2) is 11.6 Å². The molecule has 1 amide bonds. The molecule has 0 spiro atoms. The van der Waals surface area contributed by atoms with Crippen molar-refractivity contribution in [2.45, 2.75) is 17.7 Å². The lowest BCUT2D eigenvalue weighted by atomic mass is 10.2. The third kappa shape index (κ3) is 4.73. The summed E-state index contributed by atoms with van der Waals surface area (Å²) in [5.41, 5.74) is 0.962. The molecule has 3 aromatic rings. The van der Waals surface area contributed by atoms with Crippen LogP contribution in [0.1, 0.15) is 12.2 Å². The molecule has 6 nitrogen and oxygen atoms in total. The number of amides is 1. The van der Waals surface area contributed by atoms with Gasteiger partial charge >= 0.3 is 0 Å². The Bertz CT molecular complexity index is 1200. The molecule has 1 saturated heterocycles. The minimum absolute atomic E-state index is 0.0893. The van der Waals surface area contributed by atoms with E-state index >= 15 is 0 Å². The minimum atomic E-state index is -3.96. The molecule has 168 valence electrons. The Labute approximate surface area is 185 Å². The second-order valence-corrected chi connectivity index (χ2v) is 9.43. The van der Waals surface area contributed by atoms with E-state index in [1.165, 1.54) is 4.31 Å². The van der Waals surface area contributed by atoms with Gasteiger partial charge in [0.05, 0.1) is 4.90 Å². The Morgan fingerprint density at radius 3 is 2.31 bits per heavy atom. The minimum Gasteiger partial charge on any atom is -0.461 e. The summed E-state index contributed by atoms with van der Waals surface area (Å²) in [6, 6.07) is 15.9. The van der Waals surface area contributed by atoms with Crippen LogP contribution in [-0.2, 0) is 21.2 Å². The smallest absolute Gasteiger partial charge is 0.243 e. The number of carbonyl (C=O) groups is 1. The van der Waals surface area contributed by atoms with E-state index in [1.807, 2.05) is 42.5 Å². The standard InChI is InChI=1S/C23H22F2N2O4S/c24-20-9-8-19(16-21(20)25)32(29,30)27-14-12-26(13-15-27)23(28)11-7-18-6-10-22(31-18)17-4-2-1-3-5-17/h1-6,8-10,16H,7,11-15H2. The molecule has 0 N–H and O–H groups in total. The molecule has 1 fully saturated rings. The molecule has 2 aromatic carbocycles. The van der Waals surface area contributed by atoms with E-state index < -0.39 is 21.7 Å². The van der Waals surface area contributed by atoms with Crippen molar-refractivity contribution < 1.29 is 26.4 Å². The van der Waals surface area contributed by atoms with Crippen LogP contribution >= 0.6 is 0 Å². The number of sulfonamides is 1. The quantitative estimate of drug-likeness (QED) is 0.563. The average Bonchev–Trinajstić information content (AvgIpc) is 3.29. The second-order valence-electron chi connectivity index (χ2n) is 7.49. The zero-order valence-corrected chi connectivity index (χ0v) is 18.0. The molecule has 4 rings (SSSR count). The van der Waals surface area contributed by atoms with Crippen LogP contribution in [-0.4, -0.2) is 49.7 Å². The normalized spacial score (nSPS) is 15.1. The number of furan rings is 1. The number of rotatable bonds is 6. The van der Waals surface area contributed by atoms with E-state index in [0.717, 1.165) is 23.5 Å². The van der Waals surface area contributed by atoms with Gasteiger partial charge in [0.2, 0.25) is 15.9 Å². The van der Waals surface area contributed by atoms with Crippen molar-refractivity contribution in [1.29, 1.82) is 0 Å². The number of nitrogens with zero attached hydrogens (tertiary/aromatic N) is 2. The monoisotopic (exact) mass is 460 g/mol. The molecule has 1 aromatic heterocycles. The summed E-state index contributed by atoms with van der Waals surface area (Å²) in [6.45, 7) is 0.641. The Kier molecular flexibility index (Phi) is 6.38. The molecule has 0 aliphatic carbocycles. The van der Waals surface area contributed by atoms with Gasteiger partial charge in [0.1, 0.15) is 11.5 Å². The van der Waals surface area contributed by atoms with Gasteiger partial charge in [0, 0.05) is 44.6 Å². The Balaban J connectivity index is 1.31. The van der Waals surface area contributed by atoms with E-state index in [-0.39, 0.29) is 43.4 Å². The van der Waals surface area contributed by atoms with Gasteiger partial charge in [0.25, 0.3) is 0 Å². The predicted molar refractivity (Wildman–Crippen MR) is 114 cm³/mol. The van der Waals surface area contributed by atoms with Gasteiger partial charge in [-0.1, -0.05) is 30.3 Å². The average molecular weight is 461 g/mol. The van der Waals surface area contributed by atoms with Gasteiger partial charge in [-0.15, -0.1) is 0 Å². The lowest BCUT2D eigenvalue weighted by Crippen LogP contribution is -2.50. The lowest BCUT2D eigenvalue weighted by molar-refractivity contribution is -0.132. The fraction of sp³-hybridized carbons (Fsp3) is 0.261. The van der Waals surface area contributed by atoms with Crippen molar-refractivity contribution in [1.82, 2.24) is 9.21 Å². The van der Waals surface area contributed by atoms with Crippen molar-refractivity contribution in [3.63, 3.8) is 0 Å². The maximum Gasteiger partial charge on any atom is 0.243 e. The third-order valence-electron chi connectivity index (χ3n) is 5.43. The van der Waals surface area contributed by atoms with Crippen LogP contribution in [0, 0.1) is 11.6 Å². The Morgan fingerprint density at radius 2 is 1.62 bits per heavy atom. The molecular formula is C23H22F2N2O4S. The summed E-state index contributed by atoms with van der Waals surface area (Å²) >= 11 is 0. The van der Waals surface area contributed by atoms with Crippen molar-refractivity contribution >= 4 is 15.9 Å². The van der Waals surface area contributed by atoms with Crippen LogP contribution in [0.4, 0.5) is 8.78 Å². The van der Waals surface area contributed by atoms with Gasteiger partial charge in [-0.2, -0.15) is 4.31 Å². The van der Waals surface area contributed by atoms with Crippen molar-refractivity contribution in [2.24, 2.45) is 0 Å². The highest BCUT2D eigenvalue weighted by molar-refractivity contribution is 7.89. The molecule has 32 heavy (non-hydrogen) atoms. The first-order valence-corrected chi connectivity index (χ1v) is 11.7. The number of halogens is 2. The highest BCUT2D eigenvalue weighted by Crippen LogP contribution is 2.23. The van der Waals surface area contributed by atoms with Crippen LogP contribution in [0.25, 0.3) is 11.3 Å². The van der Waals surface area contributed by atoms with Crippen LogP contribution < -0.4 is 0 Å². The predicted octanol–water partition coefficient (Wildman–Crippen LogP) is 3.69. The van der Waals surface area contributed by atoms with Crippen molar-refractivity contribution in [3.05, 3.63) is 78.1 Å². The first kappa shape index (κ1) is 22.2. The molecule has 1 aliphatic rings. The Morgan fingerprint density at radius 1 is 0.906 bits per heavy atom. The molecule has 0 unspecified atom stereocenters. The van der Waals surface area contributed by atoms with Crippen molar-refractivity contribution in [2.75, 3.05) is 26.2 Å². The van der Waals surface area contributed by atoms with Crippen LogP contribution in [0.15, 0.2) is 70.0 Å². The summed E-state index contributed by atoms with van der Waals surface area (Å²) in [7, 11) is -3.96. The molecule has 0 radical (unpaired) electrons. The molecule has 1 aliphatic heterocycles. The van der Waals surface area contributed by atoms with E-state index in [9.17, 15) is 22.0 Å². The molecular weight excluding hydrogens is 438 g/mol. The zero-order chi connectivity index (χ0) is 22.7. The number of hydrogen-bond acceptors (Lipinski definition) is 4. The summed E-state index contributed by atoms with van der Waals surface area (Å²) in [4.78, 5) is 13.9. The zero-order valence-electron chi connectivity index (χ0n) is 17.2. The van der Waals surface area contributed by atoms with Gasteiger partial charge in [-0.3, -0.25) is 4.79 Å². The van der Waals surface area contributed by atoms with Crippen LogP contribution in [0.5, 0.6) is 0 Å². The van der Waals surface area contributed by atoms with Crippen molar-refractivity contribution in [3.8, 4) is 11.3 Å². The van der Waals surface area contributed by atoms with Crippen LogP contribution in [0.3, 0.4) is 0 Å². The molecule has 0 atom stereocenters. The molecule has 9 heteroatoms. The van der Waals surface area contributed by atoms with E-state index in [0.29, 0.717) is 18.2 Å². The number of hydrogen-bond donors (Lipinski definition) is 0. The Hall–Kier alpha value is -3.04. The van der Waals surface area contributed by atoms with E-state index in [4.69, 9.17) is 4.42 Å². The summed E-state index contributed by atoms with van der Waals surface area (Å²) in [5, 5.41) is 0. The summed E-state index contributed by atoms with van der Waals surface area (Å²) in [6.07, 6.45) is 0.691. The number of carbonyl (C=O) groups excluding carboxylic acids is 1. The number of aryl methyl sites for hydroxylation is 1. The van der Waals surface area contributed by atoms with Crippen LogP contribution in [0.2, 0.25) is 0 Å².